The van der Waals surface area contributed by atoms with Gasteiger partial charge in [-0.15, -0.1) is 11.3 Å². The summed E-state index contributed by atoms with van der Waals surface area (Å²) in [5, 5.41) is 1.63. The molecule has 1 amide bonds. The second-order valence-electron chi connectivity index (χ2n) is 6.02. The highest BCUT2D eigenvalue weighted by atomic mass is 35.5. The van der Waals surface area contributed by atoms with Gasteiger partial charge in [0, 0.05) is 28.2 Å². The van der Waals surface area contributed by atoms with Gasteiger partial charge in [-0.3, -0.25) is 4.79 Å². The maximum atomic E-state index is 12.3. The Labute approximate surface area is 159 Å². The van der Waals surface area contributed by atoms with E-state index in [1.54, 1.807) is 23.1 Å². The molecule has 0 spiro atoms. The average molecular weight is 402 g/mol. The molecule has 134 valence electrons. The molecule has 0 saturated carbocycles. The van der Waals surface area contributed by atoms with Crippen LogP contribution in [0.5, 0.6) is 0 Å². The number of ether oxygens (including phenoxy) is 2. The van der Waals surface area contributed by atoms with Gasteiger partial charge in [-0.25, -0.2) is 4.79 Å². The van der Waals surface area contributed by atoms with Crippen molar-refractivity contribution in [2.75, 3.05) is 19.7 Å². The van der Waals surface area contributed by atoms with Crippen LogP contribution >= 0.6 is 34.5 Å². The summed E-state index contributed by atoms with van der Waals surface area (Å²) in [4.78, 5) is 26.5. The number of carbonyl (C=O) groups is 2. The van der Waals surface area contributed by atoms with E-state index in [9.17, 15) is 9.59 Å². The normalized spacial score (nSPS) is 20.7. The monoisotopic (exact) mass is 401 g/mol. The van der Waals surface area contributed by atoms with Gasteiger partial charge in [0.15, 0.2) is 6.61 Å². The molecule has 0 bridgehead atoms. The third-order valence-electron chi connectivity index (χ3n) is 3.88. The summed E-state index contributed by atoms with van der Waals surface area (Å²) >= 11 is 13.4. The van der Waals surface area contributed by atoms with Crippen LogP contribution in [0.1, 0.15) is 23.5 Å². The van der Waals surface area contributed by atoms with Gasteiger partial charge in [0.2, 0.25) is 0 Å². The Bertz CT molecular complexity index is 812. The number of morpholine rings is 1. The first-order valence-corrected chi connectivity index (χ1v) is 9.40. The summed E-state index contributed by atoms with van der Waals surface area (Å²) in [5.74, 6) is -0.847. The molecule has 1 aromatic carbocycles. The molecule has 0 aliphatic carbocycles. The first kappa shape index (κ1) is 18.5. The molecule has 1 saturated heterocycles. The third-order valence-corrected chi connectivity index (χ3v) is 5.75. The standard InChI is InChI=1S/C17H17Cl2NO4S/c1-9-6-20(7-10(2)24-9)14(21)8-23-17(22)16-15(19)12-4-3-11(18)5-13(12)25-16/h3-5,9-10H,6-8H2,1-2H3/t9-,10+. The van der Waals surface area contributed by atoms with Crippen LogP contribution in [-0.2, 0) is 14.3 Å². The van der Waals surface area contributed by atoms with Gasteiger partial charge in [-0.2, -0.15) is 0 Å². The van der Waals surface area contributed by atoms with Gasteiger partial charge in [0.05, 0.1) is 17.2 Å². The lowest BCUT2D eigenvalue weighted by Crippen LogP contribution is -2.49. The van der Waals surface area contributed by atoms with E-state index in [1.807, 2.05) is 13.8 Å². The minimum Gasteiger partial charge on any atom is -0.451 e. The van der Waals surface area contributed by atoms with Crippen LogP contribution in [0, 0.1) is 0 Å². The summed E-state index contributed by atoms with van der Waals surface area (Å²) in [6.45, 7) is 4.48. The zero-order valence-corrected chi connectivity index (χ0v) is 16.1. The van der Waals surface area contributed by atoms with Crippen LogP contribution in [-0.4, -0.2) is 48.7 Å². The van der Waals surface area contributed by atoms with Crippen molar-refractivity contribution in [2.45, 2.75) is 26.1 Å². The number of halogens is 2. The van der Waals surface area contributed by atoms with E-state index in [1.165, 1.54) is 11.3 Å². The van der Waals surface area contributed by atoms with Crippen molar-refractivity contribution in [1.29, 1.82) is 0 Å². The van der Waals surface area contributed by atoms with Crippen molar-refractivity contribution in [2.24, 2.45) is 0 Å². The predicted octanol–water partition coefficient (Wildman–Crippen LogP) is 4.00. The van der Waals surface area contributed by atoms with Gasteiger partial charge in [-0.05, 0) is 26.0 Å². The number of benzene rings is 1. The Hall–Kier alpha value is -1.34. The molecule has 0 unspecified atom stereocenters. The number of hydrogen-bond acceptors (Lipinski definition) is 5. The number of amides is 1. The molecule has 8 heteroatoms. The highest BCUT2D eigenvalue weighted by molar-refractivity contribution is 7.21. The topological polar surface area (TPSA) is 55.8 Å². The number of carbonyl (C=O) groups excluding carboxylic acids is 2. The van der Waals surface area contributed by atoms with E-state index in [4.69, 9.17) is 32.7 Å². The van der Waals surface area contributed by atoms with Crippen LogP contribution < -0.4 is 0 Å². The molecular weight excluding hydrogens is 385 g/mol. The van der Waals surface area contributed by atoms with Gasteiger partial charge in [0.25, 0.3) is 5.91 Å². The van der Waals surface area contributed by atoms with E-state index in [2.05, 4.69) is 0 Å². The lowest BCUT2D eigenvalue weighted by atomic mass is 10.2. The van der Waals surface area contributed by atoms with Crippen molar-refractivity contribution in [1.82, 2.24) is 4.90 Å². The molecule has 25 heavy (non-hydrogen) atoms. The van der Waals surface area contributed by atoms with Crippen molar-refractivity contribution in [3.8, 4) is 0 Å². The Balaban J connectivity index is 1.66. The van der Waals surface area contributed by atoms with Gasteiger partial charge < -0.3 is 14.4 Å². The lowest BCUT2D eigenvalue weighted by molar-refractivity contribution is -0.146. The maximum Gasteiger partial charge on any atom is 0.350 e. The number of esters is 1. The summed E-state index contributed by atoms with van der Waals surface area (Å²) in [7, 11) is 0. The summed E-state index contributed by atoms with van der Waals surface area (Å²) in [6.07, 6.45) is -0.0737. The fourth-order valence-corrected chi connectivity index (χ4v) is 4.51. The first-order chi connectivity index (χ1) is 11.8. The molecule has 3 rings (SSSR count). The quantitative estimate of drug-likeness (QED) is 0.729. The number of hydrogen-bond donors (Lipinski definition) is 0. The third kappa shape index (κ3) is 4.08. The van der Waals surface area contributed by atoms with E-state index in [0.29, 0.717) is 23.1 Å². The highest BCUT2D eigenvalue weighted by Gasteiger charge is 2.27. The fraction of sp³-hybridized carbons (Fsp3) is 0.412. The first-order valence-electron chi connectivity index (χ1n) is 7.83. The zero-order chi connectivity index (χ0) is 18.1. The minimum absolute atomic E-state index is 0.0369. The molecule has 1 aliphatic rings. The van der Waals surface area contributed by atoms with Crippen molar-refractivity contribution >= 4 is 56.5 Å². The molecule has 0 N–H and O–H groups in total. The molecule has 2 aromatic rings. The van der Waals surface area contributed by atoms with Gasteiger partial charge >= 0.3 is 5.97 Å². The summed E-state index contributed by atoms with van der Waals surface area (Å²) < 4.78 is 11.6. The minimum atomic E-state index is -0.606. The number of nitrogens with zero attached hydrogens (tertiary/aromatic N) is 1. The van der Waals surface area contributed by atoms with Crippen LogP contribution in [0.15, 0.2) is 18.2 Å². The van der Waals surface area contributed by atoms with Crippen molar-refractivity contribution in [3.05, 3.63) is 33.1 Å². The average Bonchev–Trinajstić information content (AvgIpc) is 2.87. The number of thiophene rings is 1. The molecule has 1 aliphatic heterocycles. The molecule has 5 nitrogen and oxygen atoms in total. The van der Waals surface area contributed by atoms with Crippen LogP contribution in [0.4, 0.5) is 0 Å². The van der Waals surface area contributed by atoms with Gasteiger partial charge in [-0.1, -0.05) is 29.3 Å². The number of fused-ring (bicyclic) bond motifs is 1. The Morgan fingerprint density at radius 2 is 1.96 bits per heavy atom. The summed E-state index contributed by atoms with van der Waals surface area (Å²) in [6, 6.07) is 5.21. The number of rotatable bonds is 3. The Morgan fingerprint density at radius 3 is 2.64 bits per heavy atom. The van der Waals surface area contributed by atoms with Crippen LogP contribution in [0.2, 0.25) is 10.0 Å². The summed E-state index contributed by atoms with van der Waals surface area (Å²) in [5.41, 5.74) is 0. The molecular formula is C17H17Cl2NO4S. The Morgan fingerprint density at radius 1 is 1.28 bits per heavy atom. The van der Waals surface area contributed by atoms with Crippen LogP contribution in [0.25, 0.3) is 10.1 Å². The zero-order valence-electron chi connectivity index (χ0n) is 13.8. The molecule has 1 aromatic heterocycles. The predicted molar refractivity (Wildman–Crippen MR) is 98.7 cm³/mol. The second-order valence-corrected chi connectivity index (χ2v) is 7.88. The Kier molecular flexibility index (Phi) is 5.53. The molecule has 2 heterocycles. The molecule has 0 radical (unpaired) electrons. The maximum absolute atomic E-state index is 12.3. The SMILES string of the molecule is C[C@@H]1CN(C(=O)COC(=O)c2sc3cc(Cl)ccc3c2Cl)C[C@H](C)O1. The van der Waals surface area contributed by atoms with E-state index in [0.717, 1.165) is 10.1 Å². The van der Waals surface area contributed by atoms with E-state index >= 15 is 0 Å². The van der Waals surface area contributed by atoms with Crippen molar-refractivity contribution in [3.63, 3.8) is 0 Å². The fourth-order valence-electron chi connectivity index (χ4n) is 2.84. The van der Waals surface area contributed by atoms with Crippen molar-refractivity contribution < 1.29 is 19.1 Å². The molecule has 2 atom stereocenters. The van der Waals surface area contributed by atoms with E-state index in [-0.39, 0.29) is 29.6 Å². The largest absolute Gasteiger partial charge is 0.451 e. The smallest absolute Gasteiger partial charge is 0.350 e. The lowest BCUT2D eigenvalue weighted by Gasteiger charge is -2.35. The van der Waals surface area contributed by atoms with E-state index < -0.39 is 5.97 Å². The van der Waals surface area contributed by atoms with Crippen LogP contribution in [0.3, 0.4) is 0 Å². The van der Waals surface area contributed by atoms with Gasteiger partial charge in [0.1, 0.15) is 4.88 Å². The second kappa shape index (κ2) is 7.50. The highest BCUT2D eigenvalue weighted by Crippen LogP contribution is 2.37. The molecule has 1 fully saturated rings.